The van der Waals surface area contributed by atoms with Gasteiger partial charge >= 0.3 is 0 Å². The number of aromatic nitrogens is 2. The van der Waals surface area contributed by atoms with E-state index in [1.807, 2.05) is 0 Å². The highest BCUT2D eigenvalue weighted by Crippen LogP contribution is 2.37. The van der Waals surface area contributed by atoms with Crippen LogP contribution in [0.25, 0.3) is 11.0 Å². The summed E-state index contributed by atoms with van der Waals surface area (Å²) in [5, 5.41) is 0. The average molecular weight is 362 g/mol. The van der Waals surface area contributed by atoms with Gasteiger partial charge in [0.1, 0.15) is 11.6 Å². The molecule has 1 aromatic carbocycles. The van der Waals surface area contributed by atoms with Crippen molar-refractivity contribution in [2.45, 2.75) is 37.3 Å². The van der Waals surface area contributed by atoms with Crippen LogP contribution in [0.3, 0.4) is 0 Å². The molecule has 0 bridgehead atoms. The zero-order valence-electron chi connectivity index (χ0n) is 11.1. The third kappa shape index (κ3) is 2.26. The molecule has 1 aliphatic rings. The molecule has 3 rings (SSSR count). The molecule has 3 nitrogen and oxygen atoms in total. The van der Waals surface area contributed by atoms with Gasteiger partial charge in [0.15, 0.2) is 0 Å². The molecule has 1 fully saturated rings. The van der Waals surface area contributed by atoms with Crippen LogP contribution in [0, 0.1) is 5.82 Å². The van der Waals surface area contributed by atoms with Crippen LogP contribution >= 0.6 is 27.5 Å². The summed E-state index contributed by atoms with van der Waals surface area (Å²) in [6.45, 7) is 0. The molecule has 1 saturated carbocycles. The molecule has 20 heavy (non-hydrogen) atoms. The first-order chi connectivity index (χ1) is 9.65. The summed E-state index contributed by atoms with van der Waals surface area (Å²) in [6.07, 6.45) is 3.26. The molecule has 0 spiro atoms. The van der Waals surface area contributed by atoms with Gasteiger partial charge in [0.2, 0.25) is 0 Å². The van der Waals surface area contributed by atoms with E-state index in [-0.39, 0.29) is 18.0 Å². The molecule has 0 N–H and O–H groups in total. The Kier molecular flexibility index (Phi) is 4.02. The van der Waals surface area contributed by atoms with Crippen LogP contribution in [0.2, 0.25) is 0 Å². The van der Waals surface area contributed by atoms with Crippen LogP contribution in [-0.2, 0) is 10.6 Å². The molecule has 0 amide bonds. The second kappa shape index (κ2) is 5.62. The molecule has 0 aliphatic heterocycles. The van der Waals surface area contributed by atoms with Crippen LogP contribution in [0.1, 0.15) is 31.1 Å². The van der Waals surface area contributed by atoms with Crippen LogP contribution in [-0.4, -0.2) is 22.8 Å². The predicted molar refractivity (Wildman–Crippen MR) is 80.6 cm³/mol. The Hall–Kier alpha value is -0.650. The second-order valence-corrected chi connectivity index (χ2v) is 6.18. The lowest BCUT2D eigenvalue weighted by atomic mass is 10.2. The van der Waals surface area contributed by atoms with Crippen molar-refractivity contribution in [2.75, 3.05) is 7.11 Å². The van der Waals surface area contributed by atoms with Crippen molar-refractivity contribution in [2.24, 2.45) is 0 Å². The zero-order chi connectivity index (χ0) is 14.3. The van der Waals surface area contributed by atoms with E-state index in [2.05, 4.69) is 25.5 Å². The number of halogens is 3. The average Bonchev–Trinajstić information content (AvgIpc) is 3.02. The van der Waals surface area contributed by atoms with E-state index < -0.39 is 0 Å². The number of benzene rings is 1. The molecule has 108 valence electrons. The molecule has 1 aliphatic carbocycles. The van der Waals surface area contributed by atoms with Gasteiger partial charge in [-0.15, -0.1) is 11.6 Å². The summed E-state index contributed by atoms with van der Waals surface area (Å²) in [5.41, 5.74) is 1.55. The minimum absolute atomic E-state index is 0.140. The Bertz CT molecular complexity index is 646. The number of hydrogen-bond donors (Lipinski definition) is 0. The molecular weight excluding hydrogens is 347 g/mol. The maximum Gasteiger partial charge on any atom is 0.139 e. The van der Waals surface area contributed by atoms with Gasteiger partial charge in [-0.3, -0.25) is 0 Å². The number of fused-ring (bicyclic) bond motifs is 1. The van der Waals surface area contributed by atoms with Gasteiger partial charge in [0.05, 0.1) is 33.5 Å². The van der Waals surface area contributed by atoms with Gasteiger partial charge in [0.25, 0.3) is 0 Å². The summed E-state index contributed by atoms with van der Waals surface area (Å²) in [4.78, 5) is 4.53. The SMILES string of the molecule is COC1CCCC1n1c(CCl)nc2cc(Br)c(F)cc21. The summed E-state index contributed by atoms with van der Waals surface area (Å²) in [7, 11) is 1.72. The third-order valence-electron chi connectivity index (χ3n) is 3.98. The van der Waals surface area contributed by atoms with Crippen LogP contribution < -0.4 is 0 Å². The van der Waals surface area contributed by atoms with Gasteiger partial charge < -0.3 is 9.30 Å². The molecular formula is C14H15BrClFN2O. The molecule has 0 radical (unpaired) electrons. The molecule has 2 aromatic rings. The Morgan fingerprint density at radius 2 is 2.30 bits per heavy atom. The maximum absolute atomic E-state index is 13.9. The molecule has 2 unspecified atom stereocenters. The van der Waals surface area contributed by atoms with Gasteiger partial charge in [-0.2, -0.15) is 0 Å². The smallest absolute Gasteiger partial charge is 0.139 e. The Labute approximate surface area is 130 Å². The van der Waals surface area contributed by atoms with Crippen molar-refractivity contribution >= 4 is 38.6 Å². The number of rotatable bonds is 3. The third-order valence-corrected chi connectivity index (χ3v) is 4.82. The van der Waals surface area contributed by atoms with Gasteiger partial charge in [0, 0.05) is 13.2 Å². The van der Waals surface area contributed by atoms with Gasteiger partial charge in [-0.25, -0.2) is 9.37 Å². The molecule has 2 atom stereocenters. The summed E-state index contributed by atoms with van der Waals surface area (Å²) < 4.78 is 21.9. The maximum atomic E-state index is 13.9. The summed E-state index contributed by atoms with van der Waals surface area (Å²) in [6, 6.07) is 3.40. The molecule has 1 heterocycles. The van der Waals surface area contributed by atoms with Crippen molar-refractivity contribution in [3.8, 4) is 0 Å². The largest absolute Gasteiger partial charge is 0.379 e. The highest BCUT2D eigenvalue weighted by molar-refractivity contribution is 9.10. The zero-order valence-corrected chi connectivity index (χ0v) is 13.4. The van der Waals surface area contributed by atoms with E-state index in [0.717, 1.165) is 36.1 Å². The Morgan fingerprint density at radius 1 is 1.50 bits per heavy atom. The Morgan fingerprint density at radius 3 is 3.00 bits per heavy atom. The number of ether oxygens (including phenoxy) is 1. The first kappa shape index (κ1) is 14.3. The van der Waals surface area contributed by atoms with E-state index >= 15 is 0 Å². The van der Waals surface area contributed by atoms with E-state index in [1.54, 1.807) is 13.2 Å². The lowest BCUT2D eigenvalue weighted by Crippen LogP contribution is -2.22. The summed E-state index contributed by atoms with van der Waals surface area (Å²) in [5.74, 6) is 0.792. The monoisotopic (exact) mass is 360 g/mol. The van der Waals surface area contributed by atoms with Crippen LogP contribution in [0.5, 0.6) is 0 Å². The fourth-order valence-electron chi connectivity index (χ4n) is 3.08. The second-order valence-electron chi connectivity index (χ2n) is 5.06. The van der Waals surface area contributed by atoms with Crippen molar-refractivity contribution in [3.63, 3.8) is 0 Å². The minimum atomic E-state index is -0.285. The van der Waals surface area contributed by atoms with E-state index in [1.165, 1.54) is 6.07 Å². The predicted octanol–water partition coefficient (Wildman–Crippen LogP) is 4.42. The van der Waals surface area contributed by atoms with E-state index in [4.69, 9.17) is 16.3 Å². The standard InChI is InChI=1S/C14H15BrClFN2O/c1-20-13-4-2-3-11(13)19-12-6-9(17)8(15)5-10(12)18-14(19)7-16/h5-6,11,13H,2-4,7H2,1H3. The van der Waals surface area contributed by atoms with Gasteiger partial charge in [-0.1, -0.05) is 0 Å². The fourth-order valence-corrected chi connectivity index (χ4v) is 3.60. The van der Waals surface area contributed by atoms with Crippen molar-refractivity contribution in [1.29, 1.82) is 0 Å². The number of nitrogens with zero attached hydrogens (tertiary/aromatic N) is 2. The van der Waals surface area contributed by atoms with E-state index in [0.29, 0.717) is 10.4 Å². The molecule has 1 aromatic heterocycles. The molecule has 0 saturated heterocycles. The van der Waals surface area contributed by atoms with Crippen molar-refractivity contribution in [1.82, 2.24) is 9.55 Å². The van der Waals surface area contributed by atoms with Gasteiger partial charge in [-0.05, 0) is 41.3 Å². The quantitative estimate of drug-likeness (QED) is 0.757. The van der Waals surface area contributed by atoms with E-state index in [9.17, 15) is 4.39 Å². The highest BCUT2D eigenvalue weighted by atomic mass is 79.9. The number of methoxy groups -OCH3 is 1. The van der Waals surface area contributed by atoms with Crippen molar-refractivity contribution in [3.05, 3.63) is 28.2 Å². The number of hydrogen-bond acceptors (Lipinski definition) is 2. The first-order valence-electron chi connectivity index (χ1n) is 6.60. The van der Waals surface area contributed by atoms with Crippen LogP contribution in [0.15, 0.2) is 16.6 Å². The van der Waals surface area contributed by atoms with Crippen molar-refractivity contribution < 1.29 is 9.13 Å². The minimum Gasteiger partial charge on any atom is -0.379 e. The highest BCUT2D eigenvalue weighted by Gasteiger charge is 2.31. The first-order valence-corrected chi connectivity index (χ1v) is 7.93. The lowest BCUT2D eigenvalue weighted by molar-refractivity contribution is 0.0754. The summed E-state index contributed by atoms with van der Waals surface area (Å²) >= 11 is 9.22. The Balaban J connectivity index is 2.19. The lowest BCUT2D eigenvalue weighted by Gasteiger charge is -2.22. The normalized spacial score (nSPS) is 22.8. The fraction of sp³-hybridized carbons (Fsp3) is 0.500. The number of imidazole rings is 1. The van der Waals surface area contributed by atoms with Crippen LogP contribution in [0.4, 0.5) is 4.39 Å². The number of alkyl halides is 1. The topological polar surface area (TPSA) is 27.1 Å². The molecule has 6 heteroatoms.